The summed E-state index contributed by atoms with van der Waals surface area (Å²) in [5.41, 5.74) is 1.02. The number of rotatable bonds is 0. The van der Waals surface area contributed by atoms with Gasteiger partial charge in [0.1, 0.15) is 11.0 Å². The van der Waals surface area contributed by atoms with Gasteiger partial charge in [0.15, 0.2) is 11.5 Å². The van der Waals surface area contributed by atoms with E-state index < -0.39 is 0 Å². The molecular formula is C14H10N2O2. The normalized spacial score (nSPS) is 11.1. The van der Waals surface area contributed by atoms with Gasteiger partial charge in [-0.1, -0.05) is 13.2 Å². The molecule has 0 amide bonds. The van der Waals surface area contributed by atoms with Gasteiger partial charge in [0.05, 0.1) is 10.8 Å². The lowest BCUT2D eigenvalue weighted by Crippen LogP contribution is -2.05. The number of fused-ring (bicyclic) bond motifs is 3. The largest absolute Gasteiger partial charge is 0.504 e. The van der Waals surface area contributed by atoms with E-state index in [0.717, 1.165) is 0 Å². The van der Waals surface area contributed by atoms with Crippen LogP contribution in [0, 0.1) is 0 Å². The third kappa shape index (κ3) is 1.20. The molecule has 3 aromatic rings. The lowest BCUT2D eigenvalue weighted by atomic mass is 10.1. The van der Waals surface area contributed by atoms with Gasteiger partial charge in [-0.2, -0.15) is 0 Å². The maximum absolute atomic E-state index is 10.1. The second kappa shape index (κ2) is 3.43. The molecule has 0 atom stereocenters. The van der Waals surface area contributed by atoms with Crippen molar-refractivity contribution in [3.63, 3.8) is 0 Å². The lowest BCUT2D eigenvalue weighted by Gasteiger charge is -2.08. The molecule has 0 fully saturated rings. The van der Waals surface area contributed by atoms with Crippen molar-refractivity contribution in [3.05, 3.63) is 35.0 Å². The molecule has 88 valence electrons. The van der Waals surface area contributed by atoms with Crippen molar-refractivity contribution in [3.8, 4) is 11.5 Å². The predicted octanol–water partition coefficient (Wildman–Crippen LogP) is 1.01. The minimum absolute atomic E-state index is 0.228. The number of pyridine rings is 2. The van der Waals surface area contributed by atoms with E-state index in [9.17, 15) is 10.2 Å². The summed E-state index contributed by atoms with van der Waals surface area (Å²) in [6.45, 7) is 7.65. The Morgan fingerprint density at radius 3 is 1.56 bits per heavy atom. The second-order valence-electron chi connectivity index (χ2n) is 4.08. The van der Waals surface area contributed by atoms with Crippen molar-refractivity contribution >= 4 is 35.0 Å². The molecule has 0 aliphatic carbocycles. The van der Waals surface area contributed by atoms with Crippen LogP contribution in [0.4, 0.5) is 0 Å². The molecule has 0 aliphatic heterocycles. The van der Waals surface area contributed by atoms with Crippen LogP contribution in [0.25, 0.3) is 35.0 Å². The molecule has 2 heterocycles. The number of aromatic nitrogens is 2. The molecule has 1 aromatic carbocycles. The fraction of sp³-hybridized carbons (Fsp3) is 0. The van der Waals surface area contributed by atoms with E-state index >= 15 is 0 Å². The first kappa shape index (κ1) is 10.5. The summed E-state index contributed by atoms with van der Waals surface area (Å²) >= 11 is 0. The topological polar surface area (TPSA) is 66.2 Å². The third-order valence-electron chi connectivity index (χ3n) is 3.00. The molecule has 3 rings (SSSR count). The van der Waals surface area contributed by atoms with Gasteiger partial charge < -0.3 is 10.2 Å². The first-order valence-corrected chi connectivity index (χ1v) is 5.36. The van der Waals surface area contributed by atoms with Crippen LogP contribution in [0.15, 0.2) is 24.5 Å². The van der Waals surface area contributed by atoms with Crippen LogP contribution in [-0.4, -0.2) is 20.2 Å². The van der Waals surface area contributed by atoms with Gasteiger partial charge >= 0.3 is 0 Å². The highest BCUT2D eigenvalue weighted by Crippen LogP contribution is 2.36. The molecule has 0 saturated heterocycles. The number of benzene rings is 1. The molecule has 0 aliphatic rings. The Bertz CT molecular complexity index is 813. The molecule has 0 bridgehead atoms. The van der Waals surface area contributed by atoms with Crippen LogP contribution >= 0.6 is 0 Å². The average molecular weight is 238 g/mol. The first-order valence-electron chi connectivity index (χ1n) is 5.36. The molecule has 4 nitrogen and oxygen atoms in total. The fourth-order valence-electron chi connectivity index (χ4n) is 2.13. The highest BCUT2D eigenvalue weighted by atomic mass is 16.3. The van der Waals surface area contributed by atoms with Gasteiger partial charge in [-0.25, -0.2) is 0 Å². The van der Waals surface area contributed by atoms with Gasteiger partial charge in [-0.05, 0) is 22.6 Å². The summed E-state index contributed by atoms with van der Waals surface area (Å²) in [5, 5.41) is 22.2. The Balaban J connectivity index is 2.82. The molecule has 0 spiro atoms. The third-order valence-corrected chi connectivity index (χ3v) is 3.00. The highest BCUT2D eigenvalue weighted by Gasteiger charge is 2.15. The van der Waals surface area contributed by atoms with Crippen LogP contribution in [0.3, 0.4) is 0 Å². The van der Waals surface area contributed by atoms with Crippen molar-refractivity contribution in [2.75, 3.05) is 0 Å². The van der Waals surface area contributed by atoms with Gasteiger partial charge in [-0.3, -0.25) is 9.97 Å². The summed E-state index contributed by atoms with van der Waals surface area (Å²) in [5.74, 6) is -0.456. The maximum Gasteiger partial charge on any atom is 0.168 e. The SMILES string of the molecule is C=c1ccnc2c1c(O)c(O)c1c(=C)ccnc12. The molecular weight excluding hydrogens is 228 g/mol. The zero-order valence-corrected chi connectivity index (χ0v) is 9.51. The average Bonchev–Trinajstić information content (AvgIpc) is 2.35. The van der Waals surface area contributed by atoms with Crippen LogP contribution in [0.2, 0.25) is 0 Å². The molecule has 2 aromatic heterocycles. The molecule has 0 saturated carbocycles. The quantitative estimate of drug-likeness (QED) is 0.453. The van der Waals surface area contributed by atoms with Crippen LogP contribution in [0.5, 0.6) is 11.5 Å². The molecule has 4 heteroatoms. The van der Waals surface area contributed by atoms with E-state index in [1.807, 2.05) is 0 Å². The summed E-state index contributed by atoms with van der Waals surface area (Å²) in [6.07, 6.45) is 3.19. The van der Waals surface area contributed by atoms with Crippen molar-refractivity contribution < 1.29 is 10.2 Å². The van der Waals surface area contributed by atoms with Crippen molar-refractivity contribution in [1.29, 1.82) is 0 Å². The van der Waals surface area contributed by atoms with Crippen LogP contribution in [-0.2, 0) is 0 Å². The minimum atomic E-state index is -0.228. The maximum atomic E-state index is 10.1. The number of phenols is 2. The predicted molar refractivity (Wildman–Crippen MR) is 70.7 cm³/mol. The molecule has 18 heavy (non-hydrogen) atoms. The summed E-state index contributed by atoms with van der Waals surface area (Å²) < 4.78 is 0. The molecule has 0 unspecified atom stereocenters. The van der Waals surface area contributed by atoms with Crippen molar-refractivity contribution in [1.82, 2.24) is 9.97 Å². The number of hydrogen-bond acceptors (Lipinski definition) is 4. The number of aromatic hydroxyl groups is 2. The zero-order valence-electron chi connectivity index (χ0n) is 9.51. The minimum Gasteiger partial charge on any atom is -0.504 e. The molecule has 0 radical (unpaired) electrons. The van der Waals surface area contributed by atoms with E-state index in [2.05, 4.69) is 23.1 Å². The Kier molecular flexibility index (Phi) is 2.01. The summed E-state index contributed by atoms with van der Waals surface area (Å²) in [4.78, 5) is 8.42. The number of phenolic OH excluding ortho intramolecular Hbond substituents is 2. The van der Waals surface area contributed by atoms with Gasteiger partial charge in [0, 0.05) is 12.4 Å². The van der Waals surface area contributed by atoms with Crippen LogP contribution < -0.4 is 10.4 Å². The monoisotopic (exact) mass is 238 g/mol. The van der Waals surface area contributed by atoms with E-state index in [0.29, 0.717) is 32.2 Å². The van der Waals surface area contributed by atoms with Gasteiger partial charge in [-0.15, -0.1) is 0 Å². The van der Waals surface area contributed by atoms with Gasteiger partial charge in [0.2, 0.25) is 0 Å². The second-order valence-corrected chi connectivity index (χ2v) is 4.08. The van der Waals surface area contributed by atoms with E-state index in [1.54, 1.807) is 24.5 Å². The summed E-state index contributed by atoms with van der Waals surface area (Å²) in [7, 11) is 0. The number of hydrogen-bond donors (Lipinski definition) is 2. The fourth-order valence-corrected chi connectivity index (χ4v) is 2.13. The Hall–Kier alpha value is -2.62. The zero-order chi connectivity index (χ0) is 12.9. The number of nitrogens with zero attached hydrogens (tertiary/aromatic N) is 2. The molecule has 2 N–H and O–H groups in total. The van der Waals surface area contributed by atoms with E-state index in [-0.39, 0.29) is 11.5 Å². The highest BCUT2D eigenvalue weighted by molar-refractivity contribution is 6.09. The first-order chi connectivity index (χ1) is 8.61. The smallest absolute Gasteiger partial charge is 0.168 e. The Labute approximate surface area is 102 Å². The summed E-state index contributed by atoms with van der Waals surface area (Å²) in [6, 6.07) is 3.34. The van der Waals surface area contributed by atoms with E-state index in [1.165, 1.54) is 0 Å². The lowest BCUT2D eigenvalue weighted by molar-refractivity contribution is 0.412. The standard InChI is InChI=1S/C14H10N2O2/c1-7-3-5-15-11-9(7)13(17)14(18)10-8(2)4-6-16-12(10)11/h3-6,17-18H,1-2H2. The Morgan fingerprint density at radius 2 is 1.17 bits per heavy atom. The Morgan fingerprint density at radius 1 is 0.778 bits per heavy atom. The van der Waals surface area contributed by atoms with E-state index in [4.69, 9.17) is 0 Å². The van der Waals surface area contributed by atoms with Crippen molar-refractivity contribution in [2.45, 2.75) is 0 Å². The van der Waals surface area contributed by atoms with Crippen LogP contribution in [0.1, 0.15) is 0 Å². The van der Waals surface area contributed by atoms with Crippen molar-refractivity contribution in [2.24, 2.45) is 0 Å². The van der Waals surface area contributed by atoms with Gasteiger partial charge in [0.25, 0.3) is 0 Å².